The fraction of sp³-hybridized carbons (Fsp3) is 0.652. The van der Waals surface area contributed by atoms with Gasteiger partial charge in [0.1, 0.15) is 12.4 Å². The number of amides is 2. The summed E-state index contributed by atoms with van der Waals surface area (Å²) in [7, 11) is -3.72. The number of rotatable bonds is 4. The van der Waals surface area contributed by atoms with Crippen molar-refractivity contribution in [3.8, 4) is 5.75 Å². The molecule has 0 aromatic heterocycles. The van der Waals surface area contributed by atoms with Crippen LogP contribution < -0.4 is 15.0 Å². The Kier molecular flexibility index (Phi) is 7.05. The normalized spacial score (nSPS) is 21.3. The molecule has 2 amide bonds. The minimum atomic E-state index is -3.72. The predicted molar refractivity (Wildman–Crippen MR) is 121 cm³/mol. The first-order valence-corrected chi connectivity index (χ1v) is 13.2. The molecule has 8 nitrogen and oxygen atoms in total. The molecular formula is C23H33N3O5S. The van der Waals surface area contributed by atoms with Gasteiger partial charge in [0.25, 0.3) is 0 Å². The monoisotopic (exact) mass is 463 g/mol. The number of nitrogens with one attached hydrogen (secondary N) is 1. The Hall–Kier alpha value is -2.13. The maximum Gasteiger partial charge on any atom is 0.243 e. The molecule has 1 aliphatic carbocycles. The maximum absolute atomic E-state index is 13.3. The molecular weight excluding hydrogens is 430 g/mol. The van der Waals surface area contributed by atoms with Gasteiger partial charge in [0.2, 0.25) is 21.8 Å². The molecule has 0 bridgehead atoms. The van der Waals surface area contributed by atoms with Crippen LogP contribution >= 0.6 is 0 Å². The van der Waals surface area contributed by atoms with Crippen molar-refractivity contribution in [1.82, 2.24) is 9.62 Å². The number of piperidine rings is 1. The van der Waals surface area contributed by atoms with Crippen LogP contribution in [0.3, 0.4) is 0 Å². The van der Waals surface area contributed by atoms with Crippen molar-refractivity contribution in [2.24, 2.45) is 5.92 Å². The van der Waals surface area contributed by atoms with Gasteiger partial charge in [-0.1, -0.05) is 25.7 Å². The molecule has 0 radical (unpaired) electrons. The van der Waals surface area contributed by atoms with Gasteiger partial charge >= 0.3 is 0 Å². The molecule has 2 heterocycles. The van der Waals surface area contributed by atoms with Crippen molar-refractivity contribution in [3.63, 3.8) is 0 Å². The van der Waals surface area contributed by atoms with Crippen molar-refractivity contribution < 1.29 is 22.7 Å². The van der Waals surface area contributed by atoms with Gasteiger partial charge in [-0.3, -0.25) is 9.59 Å². The number of carbonyl (C=O) groups excluding carboxylic acids is 2. The van der Waals surface area contributed by atoms with Crippen LogP contribution in [-0.4, -0.2) is 56.8 Å². The first-order chi connectivity index (χ1) is 15.4. The Morgan fingerprint density at radius 3 is 2.34 bits per heavy atom. The zero-order chi connectivity index (χ0) is 22.7. The highest BCUT2D eigenvalue weighted by molar-refractivity contribution is 7.89. The average molecular weight is 464 g/mol. The Labute approximate surface area is 190 Å². The quantitative estimate of drug-likeness (QED) is 0.693. The maximum atomic E-state index is 13.3. The molecule has 32 heavy (non-hydrogen) atoms. The first kappa shape index (κ1) is 23.0. The van der Waals surface area contributed by atoms with E-state index in [2.05, 4.69) is 5.32 Å². The number of sulfonamides is 1. The second-order valence-corrected chi connectivity index (χ2v) is 11.0. The largest absolute Gasteiger partial charge is 0.490 e. The second kappa shape index (κ2) is 9.79. The highest BCUT2D eigenvalue weighted by Gasteiger charge is 2.34. The molecule has 176 valence electrons. The highest BCUT2D eigenvalue weighted by atomic mass is 32.2. The van der Waals surface area contributed by atoms with E-state index in [0.29, 0.717) is 50.5 Å². The van der Waals surface area contributed by atoms with Crippen LogP contribution in [0.5, 0.6) is 5.75 Å². The number of carbonyl (C=O) groups is 2. The minimum absolute atomic E-state index is 0.0666. The van der Waals surface area contributed by atoms with Crippen LogP contribution in [0.1, 0.15) is 58.3 Å². The summed E-state index contributed by atoms with van der Waals surface area (Å²) in [6, 6.07) is 4.93. The minimum Gasteiger partial charge on any atom is -0.490 e. The van der Waals surface area contributed by atoms with E-state index in [0.717, 1.165) is 25.7 Å². The van der Waals surface area contributed by atoms with E-state index in [9.17, 15) is 18.0 Å². The van der Waals surface area contributed by atoms with Crippen LogP contribution in [-0.2, 0) is 19.6 Å². The van der Waals surface area contributed by atoms with E-state index in [-0.39, 0.29) is 28.7 Å². The molecule has 2 aliphatic heterocycles. The van der Waals surface area contributed by atoms with E-state index in [4.69, 9.17) is 4.74 Å². The van der Waals surface area contributed by atoms with E-state index < -0.39 is 10.0 Å². The summed E-state index contributed by atoms with van der Waals surface area (Å²) in [6.45, 7) is 2.87. The fourth-order valence-corrected chi connectivity index (χ4v) is 6.43. The molecule has 1 saturated carbocycles. The second-order valence-electron chi connectivity index (χ2n) is 9.02. The number of anilines is 1. The number of ether oxygens (including phenoxy) is 1. The highest BCUT2D eigenvalue weighted by Crippen LogP contribution is 2.35. The molecule has 1 aromatic carbocycles. The summed E-state index contributed by atoms with van der Waals surface area (Å²) in [5.74, 6) is 0.288. The van der Waals surface area contributed by atoms with E-state index in [1.54, 1.807) is 11.0 Å². The van der Waals surface area contributed by atoms with Crippen molar-refractivity contribution in [2.45, 2.75) is 69.2 Å². The Balaban J connectivity index is 1.40. The molecule has 9 heteroatoms. The lowest BCUT2D eigenvalue weighted by molar-refractivity contribution is -0.127. The molecule has 4 rings (SSSR count). The molecule has 0 atom stereocenters. The van der Waals surface area contributed by atoms with E-state index >= 15 is 0 Å². The molecule has 1 N–H and O–H groups in total. The molecule has 3 aliphatic rings. The summed E-state index contributed by atoms with van der Waals surface area (Å²) < 4.78 is 33.6. The molecule has 2 fully saturated rings. The summed E-state index contributed by atoms with van der Waals surface area (Å²) >= 11 is 0. The van der Waals surface area contributed by atoms with Crippen LogP contribution in [0.25, 0.3) is 0 Å². The smallest absolute Gasteiger partial charge is 0.243 e. The van der Waals surface area contributed by atoms with Crippen molar-refractivity contribution >= 4 is 27.5 Å². The number of hydrogen-bond acceptors (Lipinski definition) is 5. The van der Waals surface area contributed by atoms with Gasteiger partial charge in [0.05, 0.1) is 17.1 Å². The average Bonchev–Trinajstić information content (AvgIpc) is 3.07. The third kappa shape index (κ3) is 4.93. The van der Waals surface area contributed by atoms with E-state index in [1.165, 1.54) is 36.2 Å². The van der Waals surface area contributed by atoms with Gasteiger partial charge in [0, 0.05) is 32.0 Å². The third-order valence-electron chi connectivity index (χ3n) is 6.84. The predicted octanol–water partition coefficient (Wildman–Crippen LogP) is 2.67. The van der Waals surface area contributed by atoms with E-state index in [1.807, 2.05) is 0 Å². The lowest BCUT2D eigenvalue weighted by Gasteiger charge is -2.32. The number of nitrogens with zero attached hydrogens (tertiary/aromatic N) is 2. The summed E-state index contributed by atoms with van der Waals surface area (Å²) in [6.07, 6.45) is 7.92. The van der Waals surface area contributed by atoms with Crippen LogP contribution in [0.4, 0.5) is 5.69 Å². The molecule has 1 saturated heterocycles. The van der Waals surface area contributed by atoms with Crippen molar-refractivity contribution in [2.75, 3.05) is 31.1 Å². The lowest BCUT2D eigenvalue weighted by atomic mass is 9.96. The molecule has 1 aromatic rings. The summed E-state index contributed by atoms with van der Waals surface area (Å²) in [4.78, 5) is 26.4. The number of benzene rings is 1. The molecule has 0 spiro atoms. The Morgan fingerprint density at radius 1 is 1.00 bits per heavy atom. The van der Waals surface area contributed by atoms with Gasteiger partial charge in [-0.2, -0.15) is 4.31 Å². The zero-order valence-corrected chi connectivity index (χ0v) is 19.5. The third-order valence-corrected chi connectivity index (χ3v) is 8.73. The van der Waals surface area contributed by atoms with Crippen molar-refractivity contribution in [3.05, 3.63) is 18.2 Å². The van der Waals surface area contributed by atoms with Gasteiger partial charge in [0.15, 0.2) is 0 Å². The number of hydrogen-bond donors (Lipinski definition) is 1. The molecule has 0 unspecified atom stereocenters. The van der Waals surface area contributed by atoms with Gasteiger partial charge in [-0.15, -0.1) is 0 Å². The zero-order valence-electron chi connectivity index (χ0n) is 18.7. The van der Waals surface area contributed by atoms with Crippen molar-refractivity contribution in [1.29, 1.82) is 0 Å². The van der Waals surface area contributed by atoms with Crippen LogP contribution in [0.15, 0.2) is 23.1 Å². The summed E-state index contributed by atoms with van der Waals surface area (Å²) in [5, 5.41) is 3.21. The standard InChI is InChI=1S/C23H33N3O5S/c1-17(27)26-14-15-31-22-9-8-20(16-21(22)26)32(29,30)25-12-10-18(11-13-25)23(28)24-19-6-4-2-3-5-7-19/h8-9,16,18-19H,2-7,10-15H2,1H3,(H,24,28). The summed E-state index contributed by atoms with van der Waals surface area (Å²) in [5.41, 5.74) is 0.488. The Morgan fingerprint density at radius 2 is 1.69 bits per heavy atom. The topological polar surface area (TPSA) is 96.0 Å². The first-order valence-electron chi connectivity index (χ1n) is 11.7. The van der Waals surface area contributed by atoms with Gasteiger partial charge in [-0.25, -0.2) is 8.42 Å². The van der Waals surface area contributed by atoms with Gasteiger partial charge < -0.3 is 15.0 Å². The number of fused-ring (bicyclic) bond motifs is 1. The van der Waals surface area contributed by atoms with Crippen LogP contribution in [0.2, 0.25) is 0 Å². The lowest BCUT2D eigenvalue weighted by Crippen LogP contribution is -2.45. The Bertz CT molecular complexity index is 948. The van der Waals surface area contributed by atoms with Gasteiger partial charge in [-0.05, 0) is 43.9 Å². The fourth-order valence-electron chi connectivity index (χ4n) is 4.94. The van der Waals surface area contributed by atoms with Crippen LogP contribution in [0, 0.1) is 5.92 Å². The SMILES string of the molecule is CC(=O)N1CCOc2ccc(S(=O)(=O)N3CCC(C(=O)NC4CCCCCC4)CC3)cc21.